The zero-order valence-electron chi connectivity index (χ0n) is 16.4. The minimum atomic E-state index is -0.322. The van der Waals surface area contributed by atoms with Crippen LogP contribution in [0.4, 0.5) is 8.78 Å². The zero-order valence-corrected chi connectivity index (χ0v) is 16.4. The molecule has 1 aromatic heterocycles. The second-order valence-corrected chi connectivity index (χ2v) is 7.42. The van der Waals surface area contributed by atoms with Crippen molar-refractivity contribution in [2.75, 3.05) is 32.7 Å². The predicted octanol–water partition coefficient (Wildman–Crippen LogP) is 2.94. The molecule has 0 bridgehead atoms. The lowest BCUT2D eigenvalue weighted by Crippen LogP contribution is -2.47. The number of rotatable bonds is 7. The number of hydrogen-bond acceptors (Lipinski definition) is 6. The second-order valence-electron chi connectivity index (χ2n) is 7.42. The van der Waals surface area contributed by atoms with Crippen molar-refractivity contribution in [1.82, 2.24) is 19.9 Å². The molecule has 0 radical (unpaired) electrons. The van der Waals surface area contributed by atoms with E-state index in [9.17, 15) is 13.6 Å². The van der Waals surface area contributed by atoms with Crippen LogP contribution in [0.1, 0.15) is 11.5 Å². The van der Waals surface area contributed by atoms with Crippen LogP contribution >= 0.6 is 0 Å². The van der Waals surface area contributed by atoms with E-state index in [4.69, 9.17) is 4.52 Å². The highest BCUT2D eigenvalue weighted by Crippen LogP contribution is 2.17. The van der Waals surface area contributed by atoms with Gasteiger partial charge >= 0.3 is 0 Å². The van der Waals surface area contributed by atoms with Crippen LogP contribution in [-0.2, 0) is 17.8 Å². The van der Waals surface area contributed by atoms with Gasteiger partial charge in [0.25, 0.3) is 0 Å². The molecular formula is C22H22F2N4O2. The molecule has 6 nitrogen and oxygen atoms in total. The Hall–Kier alpha value is -2.97. The third-order valence-corrected chi connectivity index (χ3v) is 5.08. The molecule has 0 atom stereocenters. The maximum atomic E-state index is 13.3. The summed E-state index contributed by atoms with van der Waals surface area (Å²) in [6, 6.07) is 12.1. The predicted molar refractivity (Wildman–Crippen MR) is 107 cm³/mol. The van der Waals surface area contributed by atoms with Gasteiger partial charge in [0.2, 0.25) is 11.7 Å². The van der Waals surface area contributed by atoms with E-state index in [2.05, 4.69) is 19.9 Å². The average molecular weight is 412 g/mol. The monoisotopic (exact) mass is 412 g/mol. The van der Waals surface area contributed by atoms with Crippen LogP contribution in [0, 0.1) is 11.6 Å². The molecule has 2 aromatic carbocycles. The maximum absolute atomic E-state index is 13.3. The molecule has 0 saturated carbocycles. The molecule has 2 heterocycles. The van der Waals surface area contributed by atoms with Gasteiger partial charge in [0.05, 0.1) is 13.1 Å². The fourth-order valence-corrected chi connectivity index (χ4v) is 3.51. The molecule has 0 N–H and O–H groups in total. The summed E-state index contributed by atoms with van der Waals surface area (Å²) in [6.45, 7) is 3.96. The minimum Gasteiger partial charge on any atom is -0.338 e. The van der Waals surface area contributed by atoms with E-state index in [0.29, 0.717) is 35.9 Å². The van der Waals surface area contributed by atoms with E-state index in [1.807, 2.05) is 0 Å². The average Bonchev–Trinajstić information content (AvgIpc) is 3.18. The summed E-state index contributed by atoms with van der Waals surface area (Å²) in [7, 11) is 0. The molecule has 0 unspecified atom stereocenters. The smallest absolute Gasteiger partial charge is 0.241 e. The van der Waals surface area contributed by atoms with E-state index in [1.54, 1.807) is 24.3 Å². The Labute approximate surface area is 173 Å². The van der Waals surface area contributed by atoms with Gasteiger partial charge in [0, 0.05) is 38.2 Å². The molecular weight excluding hydrogens is 390 g/mol. The van der Waals surface area contributed by atoms with Gasteiger partial charge in [-0.15, -0.1) is 0 Å². The highest BCUT2D eigenvalue weighted by molar-refractivity contribution is 5.82. The fourth-order valence-electron chi connectivity index (χ4n) is 3.51. The number of Topliss-reactive ketones (excluding diaryl/α,β-unsaturated/α-hetero) is 1. The summed E-state index contributed by atoms with van der Waals surface area (Å²) < 4.78 is 31.6. The highest BCUT2D eigenvalue weighted by Gasteiger charge is 2.21. The molecule has 1 aliphatic heterocycles. The topological polar surface area (TPSA) is 62.5 Å². The SMILES string of the molecule is O=C(Cc1cccc(F)c1)CN1CCN(Cc2nc(-c3ccc(F)cc3)no2)CC1. The van der Waals surface area contributed by atoms with E-state index in [-0.39, 0.29) is 23.8 Å². The Morgan fingerprint density at radius 2 is 1.70 bits per heavy atom. The Morgan fingerprint density at radius 3 is 2.43 bits per heavy atom. The van der Waals surface area contributed by atoms with Crippen LogP contribution in [0.25, 0.3) is 11.4 Å². The number of ketones is 1. The maximum Gasteiger partial charge on any atom is 0.241 e. The lowest BCUT2D eigenvalue weighted by atomic mass is 10.1. The van der Waals surface area contributed by atoms with Gasteiger partial charge in [-0.05, 0) is 42.0 Å². The van der Waals surface area contributed by atoms with E-state index >= 15 is 0 Å². The number of aromatic nitrogens is 2. The lowest BCUT2D eigenvalue weighted by Gasteiger charge is -2.33. The summed E-state index contributed by atoms with van der Waals surface area (Å²) in [6.07, 6.45) is 0.242. The fraction of sp³-hybridized carbons (Fsp3) is 0.318. The third-order valence-electron chi connectivity index (χ3n) is 5.08. The molecule has 1 fully saturated rings. The third kappa shape index (κ3) is 5.34. The Kier molecular flexibility index (Phi) is 6.25. The van der Waals surface area contributed by atoms with Crippen molar-refractivity contribution in [2.24, 2.45) is 0 Å². The van der Waals surface area contributed by atoms with Crippen molar-refractivity contribution in [3.05, 3.63) is 71.6 Å². The van der Waals surface area contributed by atoms with Crippen molar-refractivity contribution >= 4 is 5.78 Å². The number of piperazine rings is 1. The summed E-state index contributed by atoms with van der Waals surface area (Å²) >= 11 is 0. The van der Waals surface area contributed by atoms with Crippen molar-refractivity contribution in [3.63, 3.8) is 0 Å². The quantitative estimate of drug-likeness (QED) is 0.595. The summed E-state index contributed by atoms with van der Waals surface area (Å²) in [5.74, 6) is 0.388. The Bertz CT molecular complexity index is 998. The largest absolute Gasteiger partial charge is 0.338 e. The summed E-state index contributed by atoms with van der Waals surface area (Å²) in [4.78, 5) is 21.0. The number of hydrogen-bond donors (Lipinski definition) is 0. The van der Waals surface area contributed by atoms with E-state index in [1.165, 1.54) is 24.3 Å². The molecule has 156 valence electrons. The second kappa shape index (κ2) is 9.23. The van der Waals surface area contributed by atoms with Gasteiger partial charge < -0.3 is 4.52 Å². The molecule has 1 saturated heterocycles. The molecule has 1 aliphatic rings. The minimum absolute atomic E-state index is 0.0786. The summed E-state index contributed by atoms with van der Waals surface area (Å²) in [5, 5.41) is 3.96. The van der Waals surface area contributed by atoms with Crippen LogP contribution in [-0.4, -0.2) is 58.4 Å². The first-order valence-corrected chi connectivity index (χ1v) is 9.84. The number of carbonyl (C=O) groups excluding carboxylic acids is 1. The normalized spacial score (nSPS) is 15.4. The van der Waals surface area contributed by atoms with Crippen LogP contribution in [0.15, 0.2) is 53.1 Å². The van der Waals surface area contributed by atoms with Crippen molar-refractivity contribution in [2.45, 2.75) is 13.0 Å². The van der Waals surface area contributed by atoms with Gasteiger partial charge in [0.15, 0.2) is 5.78 Å². The summed E-state index contributed by atoms with van der Waals surface area (Å²) in [5.41, 5.74) is 1.40. The Morgan fingerprint density at radius 1 is 0.967 bits per heavy atom. The molecule has 0 spiro atoms. The van der Waals surface area contributed by atoms with Crippen LogP contribution in [0.3, 0.4) is 0 Å². The first-order chi connectivity index (χ1) is 14.5. The van der Waals surface area contributed by atoms with Gasteiger partial charge in [-0.1, -0.05) is 17.3 Å². The molecule has 0 amide bonds. The first kappa shape index (κ1) is 20.3. The van der Waals surface area contributed by atoms with Crippen molar-refractivity contribution < 1.29 is 18.1 Å². The van der Waals surface area contributed by atoms with E-state index in [0.717, 1.165) is 26.2 Å². The van der Waals surface area contributed by atoms with Crippen molar-refractivity contribution in [1.29, 1.82) is 0 Å². The standard InChI is InChI=1S/C22H22F2N4O2/c23-18-6-4-17(5-7-18)22-25-21(30-26-22)15-28-10-8-27(9-11-28)14-20(29)13-16-2-1-3-19(24)12-16/h1-7,12H,8-11,13-15H2. The Balaban J connectivity index is 1.24. The highest BCUT2D eigenvalue weighted by atomic mass is 19.1. The van der Waals surface area contributed by atoms with E-state index < -0.39 is 0 Å². The zero-order chi connectivity index (χ0) is 20.9. The number of benzene rings is 2. The van der Waals surface area contributed by atoms with Crippen molar-refractivity contribution in [3.8, 4) is 11.4 Å². The molecule has 3 aromatic rings. The van der Waals surface area contributed by atoms with Gasteiger partial charge in [-0.25, -0.2) is 8.78 Å². The first-order valence-electron chi connectivity index (χ1n) is 9.84. The molecule has 4 rings (SSSR count). The molecule has 0 aliphatic carbocycles. The van der Waals surface area contributed by atoms with Gasteiger partial charge in [-0.3, -0.25) is 14.6 Å². The van der Waals surface area contributed by atoms with Crippen LogP contribution in [0.5, 0.6) is 0 Å². The van der Waals surface area contributed by atoms with Gasteiger partial charge in [0.1, 0.15) is 11.6 Å². The number of carbonyl (C=O) groups is 1. The lowest BCUT2D eigenvalue weighted by molar-refractivity contribution is -0.120. The van der Waals surface area contributed by atoms with Crippen LogP contribution in [0.2, 0.25) is 0 Å². The van der Waals surface area contributed by atoms with Gasteiger partial charge in [-0.2, -0.15) is 4.98 Å². The molecule has 8 heteroatoms. The number of nitrogens with zero attached hydrogens (tertiary/aromatic N) is 4. The van der Waals surface area contributed by atoms with Crippen LogP contribution < -0.4 is 0 Å². The molecule has 30 heavy (non-hydrogen) atoms. The number of halogens is 2.